The first-order chi connectivity index (χ1) is 42.6. The number of nitrogens with two attached hydrogens (primary N) is 1. The van der Waals surface area contributed by atoms with E-state index < -0.39 is 70.1 Å². The zero-order valence-corrected chi connectivity index (χ0v) is 50.5. The molecule has 0 unspecified atom stereocenters. The van der Waals surface area contributed by atoms with Gasteiger partial charge in [0.2, 0.25) is 11.2 Å². The van der Waals surface area contributed by atoms with Crippen LogP contribution in [-0.4, -0.2) is 61.0 Å². The fourth-order valence-electron chi connectivity index (χ4n) is 8.21. The van der Waals surface area contributed by atoms with Crippen LogP contribution in [0.3, 0.4) is 0 Å². The maximum absolute atomic E-state index is 13.8. The zero-order chi connectivity index (χ0) is 66.9. The molecule has 0 spiro atoms. The highest BCUT2D eigenvalue weighted by atomic mass is 35.5. The maximum Gasteiger partial charge on any atom is 0.454 e. The lowest BCUT2D eigenvalue weighted by Crippen LogP contribution is -2.49. The molecule has 3 atom stereocenters. The fraction of sp³-hybridized carbons (Fsp3) is 0.323. The summed E-state index contributed by atoms with van der Waals surface area (Å²) < 4.78 is 174. The second kappa shape index (κ2) is 29.9. The quantitative estimate of drug-likeness (QED) is 0.0318. The molecule has 3 saturated carbocycles. The lowest BCUT2D eigenvalue weighted by atomic mass is 9.90. The van der Waals surface area contributed by atoms with Gasteiger partial charge in [-0.15, -0.1) is 0 Å². The van der Waals surface area contributed by atoms with Gasteiger partial charge in [0, 0.05) is 84.7 Å². The van der Waals surface area contributed by atoms with Gasteiger partial charge in [-0.05, 0) is 153 Å². The molecule has 7 N–H and O–H groups in total. The predicted octanol–water partition coefficient (Wildman–Crippen LogP) is 17.6. The summed E-state index contributed by atoms with van der Waals surface area (Å²) >= 11 is 23.1. The topological polar surface area (TPSA) is 164 Å². The molecule has 490 valence electrons. The number of ether oxygens (including phenoxy) is 3. The van der Waals surface area contributed by atoms with E-state index in [9.17, 15) is 72.5 Å². The summed E-state index contributed by atoms with van der Waals surface area (Å²) in [5.74, 6) is 12.8. The molecule has 4 aliphatic rings. The van der Waals surface area contributed by atoms with Crippen molar-refractivity contribution in [3.05, 3.63) is 175 Å². The summed E-state index contributed by atoms with van der Waals surface area (Å²) in [6, 6.07) is 29.3. The van der Waals surface area contributed by atoms with Crippen LogP contribution in [0.5, 0.6) is 11.5 Å². The number of ketones is 1. The van der Waals surface area contributed by atoms with E-state index in [2.05, 4.69) is 50.3 Å². The van der Waals surface area contributed by atoms with E-state index in [1.54, 1.807) is 55.6 Å². The molecule has 6 aromatic carbocycles. The summed E-state index contributed by atoms with van der Waals surface area (Å²) in [6.07, 6.45) is -16.4. The Morgan fingerprint density at radius 1 is 0.598 bits per heavy atom. The van der Waals surface area contributed by atoms with Crippen LogP contribution in [-0.2, 0) is 34.6 Å². The summed E-state index contributed by atoms with van der Waals surface area (Å²) in [6.45, 7) is 0.506. The van der Waals surface area contributed by atoms with Crippen molar-refractivity contribution in [2.45, 2.75) is 101 Å². The Hall–Kier alpha value is -7.82. The maximum atomic E-state index is 13.8. The number of amides is 1. The van der Waals surface area contributed by atoms with Crippen LogP contribution in [0.1, 0.15) is 84.1 Å². The molecule has 3 fully saturated rings. The third kappa shape index (κ3) is 18.9. The molecule has 0 aromatic heterocycles. The summed E-state index contributed by atoms with van der Waals surface area (Å²) in [5.41, 5.74) is -4.14. The van der Waals surface area contributed by atoms with Crippen molar-refractivity contribution in [3.8, 4) is 47.0 Å². The average Bonchev–Trinajstić information content (AvgIpc) is 1.39. The summed E-state index contributed by atoms with van der Waals surface area (Å²) in [5, 5.41) is 28.8. The standard InChI is InChI=1S/C21H19ClF3NO2.C16H13ClF3NO2.C14H9ClF3NO2.C13H11ClF3NO.CH4/c1-28-17-7-4-15(5-8-17)13-26-19-9-6-16(22)12-18(19)20(27,21(23,24)25)11-10-14-2-3-14;1-23-12-5-2-10(3-6-12)9-21-14-7-4-11(17)8-13(14)15(22)16(18,19)20;15-9-3-4-11-10(7-9)13(14(16,17)18,21-12(20)19-11)6-5-8-1-2-8;14-9-3-4-11(18)10(7-9)12(19,13(15,16)17)6-5-8-1-2-8;/h4-9,12,14,26-27H,2-3,13H2,1H3;2-8,21H,9H2,1H3;3-4,7-8H,1-2H2,(H,19,20);3-4,7-8,19H,1-2,18H2;1H4/t20-;;13-;12-;/m0.00./s1. The van der Waals surface area contributed by atoms with Crippen LogP contribution >= 0.6 is 46.4 Å². The van der Waals surface area contributed by atoms with Gasteiger partial charge in [-0.25, -0.2) is 4.79 Å². The number of halogens is 16. The number of fused-ring (bicyclic) bond motifs is 1. The highest BCUT2D eigenvalue weighted by molar-refractivity contribution is 6.32. The molecule has 3 aliphatic carbocycles. The van der Waals surface area contributed by atoms with Crippen LogP contribution < -0.4 is 31.2 Å². The number of Topliss-reactive ketones (excluding diaryl/α,β-unsaturated/α-hetero) is 1. The van der Waals surface area contributed by atoms with Gasteiger partial charge in [0.15, 0.2) is 0 Å². The number of alkyl halides is 12. The van der Waals surface area contributed by atoms with Crippen LogP contribution in [0.15, 0.2) is 121 Å². The normalized spacial score (nSPS) is 17.0. The third-order valence-electron chi connectivity index (χ3n) is 13.7. The van der Waals surface area contributed by atoms with E-state index in [0.29, 0.717) is 11.5 Å². The van der Waals surface area contributed by atoms with Crippen LogP contribution in [0.4, 0.5) is 80.2 Å². The number of cyclic esters (lactones) is 1. The first kappa shape index (κ1) is 73.2. The second-order valence-electron chi connectivity index (χ2n) is 20.8. The van der Waals surface area contributed by atoms with E-state index in [-0.39, 0.29) is 86.7 Å². The molecule has 10 rings (SSSR count). The number of nitrogens with one attached hydrogen (secondary N) is 3. The van der Waals surface area contributed by atoms with Crippen molar-refractivity contribution in [3.63, 3.8) is 0 Å². The van der Waals surface area contributed by atoms with Crippen LogP contribution in [0.2, 0.25) is 20.1 Å². The first-order valence-electron chi connectivity index (χ1n) is 27.1. The van der Waals surface area contributed by atoms with E-state index in [1.165, 1.54) is 55.6 Å². The molecular weight excluding hydrogens is 1320 g/mol. The van der Waals surface area contributed by atoms with E-state index in [4.69, 9.17) is 61.6 Å². The molecule has 92 heavy (non-hydrogen) atoms. The molecule has 0 radical (unpaired) electrons. The number of nitrogen functional groups attached to an aromatic ring is 1. The number of carbonyl (C=O) groups excluding carboxylic acids is 2. The Labute approximate surface area is 541 Å². The Bertz CT molecular complexity index is 3810. The lowest BCUT2D eigenvalue weighted by Gasteiger charge is -2.35. The molecule has 6 aromatic rings. The summed E-state index contributed by atoms with van der Waals surface area (Å²) in [7, 11) is 3.09. The van der Waals surface area contributed by atoms with Crippen LogP contribution in [0.25, 0.3) is 0 Å². The number of anilines is 4. The molecule has 1 heterocycles. The van der Waals surface area contributed by atoms with Gasteiger partial charge in [-0.3, -0.25) is 10.1 Å². The highest BCUT2D eigenvalue weighted by Gasteiger charge is 2.62. The van der Waals surface area contributed by atoms with Gasteiger partial charge in [0.05, 0.1) is 25.5 Å². The number of aliphatic hydroxyl groups is 2. The highest BCUT2D eigenvalue weighted by Crippen LogP contribution is 2.49. The monoisotopic (exact) mass is 1370 g/mol. The summed E-state index contributed by atoms with van der Waals surface area (Å²) in [4.78, 5) is 23.0. The molecule has 0 saturated heterocycles. The average molecular weight is 1370 g/mol. The van der Waals surface area contributed by atoms with Gasteiger partial charge >= 0.3 is 30.8 Å². The van der Waals surface area contributed by atoms with Crippen molar-refractivity contribution in [2.24, 2.45) is 17.8 Å². The largest absolute Gasteiger partial charge is 0.497 e. The minimum absolute atomic E-state index is 0. The predicted molar refractivity (Wildman–Crippen MR) is 327 cm³/mol. The lowest BCUT2D eigenvalue weighted by molar-refractivity contribution is -0.240. The molecule has 1 aliphatic heterocycles. The number of rotatable bonds is 11. The van der Waals surface area contributed by atoms with Gasteiger partial charge in [-0.2, -0.15) is 52.7 Å². The Morgan fingerprint density at radius 3 is 1.47 bits per heavy atom. The smallest absolute Gasteiger partial charge is 0.454 e. The van der Waals surface area contributed by atoms with Crippen LogP contribution in [0, 0.1) is 53.3 Å². The van der Waals surface area contributed by atoms with Crippen molar-refractivity contribution in [2.75, 3.05) is 35.9 Å². The zero-order valence-electron chi connectivity index (χ0n) is 47.5. The van der Waals surface area contributed by atoms with Gasteiger partial charge in [0.1, 0.15) is 11.5 Å². The van der Waals surface area contributed by atoms with E-state index in [1.807, 2.05) is 5.92 Å². The van der Waals surface area contributed by atoms with Crippen molar-refractivity contribution >= 4 is 81.0 Å². The molecule has 11 nitrogen and oxygen atoms in total. The Kier molecular flexibility index (Phi) is 23.8. The van der Waals surface area contributed by atoms with E-state index in [0.717, 1.165) is 73.9 Å². The number of methoxy groups -OCH3 is 2. The molecule has 27 heteroatoms. The second-order valence-corrected chi connectivity index (χ2v) is 22.5. The van der Waals surface area contributed by atoms with E-state index >= 15 is 0 Å². The number of carbonyl (C=O) groups is 2. The first-order valence-corrected chi connectivity index (χ1v) is 28.6. The van der Waals surface area contributed by atoms with Crippen molar-refractivity contribution in [1.82, 2.24) is 0 Å². The molecule has 0 bridgehead atoms. The number of hydrogen-bond donors (Lipinski definition) is 6. The SMILES string of the molecule is C.COc1ccc(CNc2ccc(Cl)cc2C(=O)C(F)(F)F)cc1.COc1ccc(CNc2ccc(Cl)cc2[C@@](O)(C#CC2CC2)C(F)(F)F)cc1.Nc1ccc(Cl)cc1[C@@](O)(C#CC1CC1)C(F)(F)F.O=C1Nc2ccc(Cl)cc2[C@@](C#CC2CC2)(C(F)(F)F)O1. The van der Waals surface area contributed by atoms with Gasteiger partial charge < -0.3 is 40.8 Å². The Balaban J connectivity index is 0.000000196. The Morgan fingerprint density at radius 2 is 1.01 bits per heavy atom. The number of benzene rings is 6. The van der Waals surface area contributed by atoms with Gasteiger partial charge in [-0.1, -0.05) is 108 Å². The minimum atomic E-state index is -4.98. The minimum Gasteiger partial charge on any atom is -0.497 e. The van der Waals surface area contributed by atoms with Crippen molar-refractivity contribution in [1.29, 1.82) is 0 Å². The fourth-order valence-corrected chi connectivity index (χ4v) is 8.89. The third-order valence-corrected chi connectivity index (χ3v) is 14.6. The number of hydrogen-bond acceptors (Lipinski definition) is 10. The van der Waals surface area contributed by atoms with Crippen molar-refractivity contribution < 1.29 is 86.7 Å². The van der Waals surface area contributed by atoms with Gasteiger partial charge in [0.25, 0.3) is 11.4 Å². The molecular formula is C65H56Cl4F12N4O7. The molecule has 1 amide bonds.